The molecule has 34 heavy (non-hydrogen) atoms. The van der Waals surface area contributed by atoms with Crippen molar-refractivity contribution in [1.82, 2.24) is 9.88 Å². The van der Waals surface area contributed by atoms with Crippen LogP contribution in [0.3, 0.4) is 0 Å². The zero-order valence-electron chi connectivity index (χ0n) is 18.6. The maximum absolute atomic E-state index is 13.3. The Morgan fingerprint density at radius 2 is 1.82 bits per heavy atom. The molecule has 1 fully saturated rings. The molecule has 178 valence electrons. The number of amides is 1. The van der Waals surface area contributed by atoms with Gasteiger partial charge in [-0.1, -0.05) is 24.3 Å². The van der Waals surface area contributed by atoms with Crippen LogP contribution in [0.5, 0.6) is 0 Å². The topological polar surface area (TPSA) is 68.2 Å². The monoisotopic (exact) mass is 488 g/mol. The van der Waals surface area contributed by atoms with Crippen LogP contribution in [0.25, 0.3) is 11.1 Å². The summed E-state index contributed by atoms with van der Waals surface area (Å²) in [6.07, 6.45) is 0.274. The van der Waals surface area contributed by atoms with Gasteiger partial charge in [-0.05, 0) is 55.2 Å². The van der Waals surface area contributed by atoms with Crippen LogP contribution in [0.4, 0.5) is 13.2 Å². The van der Waals surface area contributed by atoms with Crippen molar-refractivity contribution in [3.8, 4) is 11.1 Å². The summed E-state index contributed by atoms with van der Waals surface area (Å²) in [5.74, 6) is -0.601. The van der Waals surface area contributed by atoms with E-state index in [1.807, 2.05) is 4.57 Å². The minimum Gasteiger partial charge on any atom is -0.348 e. The third kappa shape index (κ3) is 4.99. The SMILES string of the molecule is Cc1c(-c2cccc(C(F)(F)F)c2)c(=O)c(C(=O)NCc2ccc(S(C)=O)cc2)cn1C1CC1. The lowest BCUT2D eigenvalue weighted by atomic mass is 9.98. The molecular formula is C25H23F3N2O3S. The van der Waals surface area contributed by atoms with E-state index in [0.717, 1.165) is 30.5 Å². The number of carbonyl (C=O) groups is 1. The zero-order valence-corrected chi connectivity index (χ0v) is 19.4. The molecule has 1 aromatic heterocycles. The summed E-state index contributed by atoms with van der Waals surface area (Å²) in [5, 5.41) is 2.72. The molecule has 0 bridgehead atoms. The molecule has 1 amide bonds. The van der Waals surface area contributed by atoms with E-state index in [-0.39, 0.29) is 29.3 Å². The first-order valence-corrected chi connectivity index (χ1v) is 12.3. The molecule has 0 radical (unpaired) electrons. The molecule has 0 saturated heterocycles. The largest absolute Gasteiger partial charge is 0.416 e. The second-order valence-electron chi connectivity index (χ2n) is 8.33. The lowest BCUT2D eigenvalue weighted by Gasteiger charge is -2.17. The fourth-order valence-corrected chi connectivity index (χ4v) is 4.40. The van der Waals surface area contributed by atoms with Gasteiger partial charge in [0.2, 0.25) is 5.43 Å². The normalized spacial score (nSPS) is 14.6. The highest BCUT2D eigenvalue weighted by Gasteiger charge is 2.32. The molecule has 1 saturated carbocycles. The molecule has 5 nitrogen and oxygen atoms in total. The maximum atomic E-state index is 13.3. The summed E-state index contributed by atoms with van der Waals surface area (Å²) in [6, 6.07) is 11.6. The molecule has 1 heterocycles. The Balaban J connectivity index is 1.69. The summed E-state index contributed by atoms with van der Waals surface area (Å²) in [5.41, 5.74) is -0.0565. The standard InChI is InChI=1S/C25H23F3N2O3S/c1-15-22(17-4-3-5-18(12-17)25(26,27)28)23(31)21(14-30(15)19-8-9-19)24(32)29-13-16-6-10-20(11-7-16)34(2)33/h3-7,10-12,14,19H,8-9,13H2,1-2H3,(H,29,32). The van der Waals surface area contributed by atoms with Gasteiger partial charge in [0.25, 0.3) is 5.91 Å². The molecule has 1 aliphatic rings. The van der Waals surface area contributed by atoms with Crippen LogP contribution in [0.1, 0.15) is 46.1 Å². The number of alkyl halides is 3. The van der Waals surface area contributed by atoms with E-state index in [1.54, 1.807) is 37.4 Å². The summed E-state index contributed by atoms with van der Waals surface area (Å²) >= 11 is 0. The van der Waals surface area contributed by atoms with Crippen molar-refractivity contribution in [3.63, 3.8) is 0 Å². The number of halogens is 3. The number of pyridine rings is 1. The molecule has 1 unspecified atom stereocenters. The van der Waals surface area contributed by atoms with Gasteiger partial charge in [-0.25, -0.2) is 0 Å². The summed E-state index contributed by atoms with van der Waals surface area (Å²) in [4.78, 5) is 27.0. The fourth-order valence-electron chi connectivity index (χ4n) is 3.88. The van der Waals surface area contributed by atoms with E-state index in [9.17, 15) is 27.0 Å². The number of benzene rings is 2. The number of nitrogens with one attached hydrogen (secondary N) is 1. The quantitative estimate of drug-likeness (QED) is 0.540. The third-order valence-corrected chi connectivity index (χ3v) is 6.80. The minimum absolute atomic E-state index is 0.0976. The van der Waals surface area contributed by atoms with Gasteiger partial charge in [0.15, 0.2) is 0 Å². The summed E-state index contributed by atoms with van der Waals surface area (Å²) < 4.78 is 53.2. The molecular weight excluding hydrogens is 465 g/mol. The van der Waals surface area contributed by atoms with Crippen LogP contribution in [0.2, 0.25) is 0 Å². The zero-order chi connectivity index (χ0) is 24.6. The highest BCUT2D eigenvalue weighted by Crippen LogP contribution is 2.38. The van der Waals surface area contributed by atoms with Gasteiger partial charge in [0.1, 0.15) is 5.56 Å². The number of hydrogen-bond donors (Lipinski definition) is 1. The summed E-state index contributed by atoms with van der Waals surface area (Å²) in [7, 11) is -1.12. The van der Waals surface area contributed by atoms with Crippen LogP contribution in [0, 0.1) is 6.92 Å². The summed E-state index contributed by atoms with van der Waals surface area (Å²) in [6.45, 7) is 1.83. The van der Waals surface area contributed by atoms with E-state index >= 15 is 0 Å². The van der Waals surface area contributed by atoms with Crippen molar-refractivity contribution in [1.29, 1.82) is 0 Å². The number of nitrogens with zero attached hydrogens (tertiary/aromatic N) is 1. The molecule has 1 aliphatic carbocycles. The Labute approximate surface area is 197 Å². The first-order chi connectivity index (χ1) is 16.1. The van der Waals surface area contributed by atoms with Gasteiger partial charge in [0, 0.05) is 52.0 Å². The van der Waals surface area contributed by atoms with E-state index in [2.05, 4.69) is 5.32 Å². The number of hydrogen-bond acceptors (Lipinski definition) is 3. The van der Waals surface area contributed by atoms with E-state index < -0.39 is 33.9 Å². The van der Waals surface area contributed by atoms with Gasteiger partial charge in [0.05, 0.1) is 5.56 Å². The van der Waals surface area contributed by atoms with Crippen LogP contribution in [-0.2, 0) is 23.5 Å². The lowest BCUT2D eigenvalue weighted by Crippen LogP contribution is -2.31. The molecule has 1 atom stereocenters. The Hall–Kier alpha value is -3.20. The average molecular weight is 489 g/mol. The Kier molecular flexibility index (Phi) is 6.49. The highest BCUT2D eigenvalue weighted by molar-refractivity contribution is 7.84. The van der Waals surface area contributed by atoms with Gasteiger partial charge in [-0.3, -0.25) is 13.8 Å². The first kappa shape index (κ1) is 23.9. The van der Waals surface area contributed by atoms with Crippen LogP contribution < -0.4 is 10.7 Å². The van der Waals surface area contributed by atoms with E-state index in [1.165, 1.54) is 18.3 Å². The third-order valence-electron chi connectivity index (χ3n) is 5.86. The minimum atomic E-state index is -4.55. The van der Waals surface area contributed by atoms with Gasteiger partial charge < -0.3 is 9.88 Å². The van der Waals surface area contributed by atoms with Crippen molar-refractivity contribution < 1.29 is 22.2 Å². The van der Waals surface area contributed by atoms with Gasteiger partial charge in [-0.2, -0.15) is 13.2 Å². The van der Waals surface area contributed by atoms with Crippen LogP contribution in [0.15, 0.2) is 64.4 Å². The van der Waals surface area contributed by atoms with Gasteiger partial charge in [-0.15, -0.1) is 0 Å². The smallest absolute Gasteiger partial charge is 0.348 e. The molecule has 9 heteroatoms. The number of aromatic nitrogens is 1. The maximum Gasteiger partial charge on any atom is 0.416 e. The van der Waals surface area contributed by atoms with E-state index in [4.69, 9.17) is 0 Å². The predicted octanol–water partition coefficient (Wildman–Crippen LogP) is 4.84. The van der Waals surface area contributed by atoms with Crippen LogP contribution in [-0.4, -0.2) is 20.9 Å². The Bertz CT molecular complexity index is 1330. The number of rotatable bonds is 6. The van der Waals surface area contributed by atoms with Crippen molar-refractivity contribution in [3.05, 3.63) is 87.3 Å². The molecule has 2 aromatic carbocycles. The van der Waals surface area contributed by atoms with Crippen molar-refractivity contribution >= 4 is 16.7 Å². The lowest BCUT2D eigenvalue weighted by molar-refractivity contribution is -0.137. The molecule has 4 rings (SSSR count). The van der Waals surface area contributed by atoms with Crippen molar-refractivity contribution in [2.75, 3.05) is 6.26 Å². The molecule has 1 N–H and O–H groups in total. The highest BCUT2D eigenvalue weighted by atomic mass is 32.2. The van der Waals surface area contributed by atoms with Crippen LogP contribution >= 0.6 is 0 Å². The average Bonchev–Trinajstić information content (AvgIpc) is 3.63. The van der Waals surface area contributed by atoms with Crippen molar-refractivity contribution in [2.24, 2.45) is 0 Å². The first-order valence-electron chi connectivity index (χ1n) is 10.7. The Morgan fingerprint density at radius 1 is 1.15 bits per heavy atom. The number of carbonyl (C=O) groups excluding carboxylic acids is 1. The Morgan fingerprint density at radius 3 is 2.41 bits per heavy atom. The molecule has 0 aliphatic heterocycles. The van der Waals surface area contributed by atoms with E-state index in [0.29, 0.717) is 10.6 Å². The molecule has 3 aromatic rings. The second-order valence-corrected chi connectivity index (χ2v) is 9.71. The fraction of sp³-hybridized carbons (Fsp3) is 0.280. The van der Waals surface area contributed by atoms with Crippen molar-refractivity contribution in [2.45, 2.75) is 43.4 Å². The van der Waals surface area contributed by atoms with Gasteiger partial charge >= 0.3 is 6.18 Å². The second kappa shape index (κ2) is 9.21. The predicted molar refractivity (Wildman–Crippen MR) is 124 cm³/mol. The molecule has 0 spiro atoms.